The predicted octanol–water partition coefficient (Wildman–Crippen LogP) is 2.28. The van der Waals surface area contributed by atoms with Gasteiger partial charge in [0.05, 0.1) is 5.69 Å². The lowest BCUT2D eigenvalue weighted by molar-refractivity contribution is 0.174. The highest BCUT2D eigenvalue weighted by molar-refractivity contribution is 5.44. The van der Waals surface area contributed by atoms with E-state index >= 15 is 0 Å². The zero-order valence-electron chi connectivity index (χ0n) is 13.9. The number of fused-ring (bicyclic) bond motifs is 1. The molecule has 0 spiro atoms. The maximum absolute atomic E-state index is 5.42. The summed E-state index contributed by atoms with van der Waals surface area (Å²) < 4.78 is 12.4. The minimum Gasteiger partial charge on any atom is -0.454 e. The third-order valence-corrected chi connectivity index (χ3v) is 4.31. The fraction of sp³-hybridized carbons (Fsp3) is 0.278. The molecule has 1 atom stereocenters. The summed E-state index contributed by atoms with van der Waals surface area (Å²) in [5, 5.41) is 14.7. The molecule has 0 amide bonds. The van der Waals surface area contributed by atoms with Crippen molar-refractivity contribution in [2.45, 2.75) is 19.4 Å². The molecule has 1 N–H and O–H groups in total. The average Bonchev–Trinajstić information content (AvgIpc) is 3.33. The smallest absolute Gasteiger partial charge is 0.231 e. The zero-order valence-corrected chi connectivity index (χ0v) is 13.9. The molecule has 0 bridgehead atoms. The Balaban J connectivity index is 1.32. The number of hydrogen-bond acceptors (Lipinski definition) is 6. The maximum Gasteiger partial charge on any atom is 0.231 e. The summed E-state index contributed by atoms with van der Waals surface area (Å²) in [6.45, 7) is 3.36. The molecule has 128 valence electrons. The van der Waals surface area contributed by atoms with Gasteiger partial charge < -0.3 is 14.8 Å². The van der Waals surface area contributed by atoms with Crippen molar-refractivity contribution in [3.8, 4) is 17.2 Å². The van der Waals surface area contributed by atoms with Crippen LogP contribution in [0, 0.1) is 0 Å². The van der Waals surface area contributed by atoms with E-state index in [1.165, 1.54) is 11.1 Å². The van der Waals surface area contributed by atoms with Crippen molar-refractivity contribution in [2.75, 3.05) is 13.3 Å². The molecule has 0 saturated heterocycles. The molecular formula is C18H19N5O2. The van der Waals surface area contributed by atoms with Gasteiger partial charge in [0.2, 0.25) is 6.79 Å². The standard InChI is InChI=1S/C18H19N5O2/c1-13(15-3-5-16(6-4-15)23-11-20-21-22-23)19-9-8-14-2-7-17-18(10-14)25-12-24-17/h2-7,10-11,13,19H,8-9,12H2,1H3/t13-/m1/s1. The minimum atomic E-state index is 0.261. The van der Waals surface area contributed by atoms with Crippen molar-refractivity contribution >= 4 is 0 Å². The summed E-state index contributed by atoms with van der Waals surface area (Å²) >= 11 is 0. The molecule has 0 unspecified atom stereocenters. The second-order valence-electron chi connectivity index (χ2n) is 5.96. The van der Waals surface area contributed by atoms with Crippen molar-refractivity contribution in [3.05, 3.63) is 59.9 Å². The Kier molecular flexibility index (Phi) is 4.30. The first kappa shape index (κ1) is 15.6. The molecule has 4 rings (SSSR count). The van der Waals surface area contributed by atoms with E-state index in [1.54, 1.807) is 11.0 Å². The number of nitrogens with zero attached hydrogens (tertiary/aromatic N) is 4. The van der Waals surface area contributed by atoms with Crippen LogP contribution in [-0.4, -0.2) is 33.5 Å². The summed E-state index contributed by atoms with van der Waals surface area (Å²) in [5.74, 6) is 1.66. The highest BCUT2D eigenvalue weighted by Crippen LogP contribution is 2.32. The number of tetrazole rings is 1. The van der Waals surface area contributed by atoms with Crippen LogP contribution in [0.25, 0.3) is 5.69 Å². The molecule has 2 heterocycles. The summed E-state index contributed by atoms with van der Waals surface area (Å²) in [7, 11) is 0. The largest absolute Gasteiger partial charge is 0.454 e. The van der Waals surface area contributed by atoms with Crippen molar-refractivity contribution in [1.82, 2.24) is 25.5 Å². The first-order valence-electron chi connectivity index (χ1n) is 8.25. The summed E-state index contributed by atoms with van der Waals surface area (Å²) in [5.41, 5.74) is 3.40. The molecular weight excluding hydrogens is 318 g/mol. The SMILES string of the molecule is C[C@@H](NCCc1ccc2c(c1)OCO2)c1ccc(-n2cnnn2)cc1. The molecule has 7 nitrogen and oxygen atoms in total. The van der Waals surface area contributed by atoms with Crippen molar-refractivity contribution < 1.29 is 9.47 Å². The fourth-order valence-corrected chi connectivity index (χ4v) is 2.84. The first-order chi connectivity index (χ1) is 12.3. The van der Waals surface area contributed by atoms with Gasteiger partial charge in [0.25, 0.3) is 0 Å². The van der Waals surface area contributed by atoms with Crippen molar-refractivity contribution in [3.63, 3.8) is 0 Å². The van der Waals surface area contributed by atoms with Gasteiger partial charge in [0.1, 0.15) is 6.33 Å². The number of ether oxygens (including phenoxy) is 2. The molecule has 3 aromatic rings. The van der Waals surface area contributed by atoms with Gasteiger partial charge in [-0.3, -0.25) is 0 Å². The van der Waals surface area contributed by atoms with Crippen LogP contribution >= 0.6 is 0 Å². The molecule has 25 heavy (non-hydrogen) atoms. The minimum absolute atomic E-state index is 0.261. The van der Waals surface area contributed by atoms with Crippen LogP contribution in [0.15, 0.2) is 48.8 Å². The van der Waals surface area contributed by atoms with Crippen molar-refractivity contribution in [1.29, 1.82) is 0 Å². The van der Waals surface area contributed by atoms with E-state index in [4.69, 9.17) is 9.47 Å². The maximum atomic E-state index is 5.42. The topological polar surface area (TPSA) is 74.1 Å². The van der Waals surface area contributed by atoms with E-state index in [-0.39, 0.29) is 6.04 Å². The predicted molar refractivity (Wildman–Crippen MR) is 91.8 cm³/mol. The van der Waals surface area contributed by atoms with Crippen molar-refractivity contribution in [2.24, 2.45) is 0 Å². The van der Waals surface area contributed by atoms with Gasteiger partial charge in [0, 0.05) is 6.04 Å². The number of hydrogen-bond donors (Lipinski definition) is 1. The zero-order chi connectivity index (χ0) is 17.1. The van der Waals surface area contributed by atoms with Gasteiger partial charge in [0.15, 0.2) is 11.5 Å². The number of nitrogens with one attached hydrogen (secondary N) is 1. The summed E-state index contributed by atoms with van der Waals surface area (Å²) in [6.07, 6.45) is 2.52. The Morgan fingerprint density at radius 2 is 1.96 bits per heavy atom. The summed E-state index contributed by atoms with van der Waals surface area (Å²) in [6, 6.07) is 14.6. The number of aromatic nitrogens is 4. The second-order valence-corrected chi connectivity index (χ2v) is 5.96. The van der Waals surface area contributed by atoms with Gasteiger partial charge in [-0.25, -0.2) is 4.68 Å². The van der Waals surface area contributed by atoms with Crippen LogP contribution < -0.4 is 14.8 Å². The van der Waals surface area contributed by atoms with E-state index in [2.05, 4.69) is 52.0 Å². The van der Waals surface area contributed by atoms with E-state index in [0.29, 0.717) is 6.79 Å². The van der Waals surface area contributed by atoms with Gasteiger partial charge in [-0.05, 0) is 65.7 Å². The Morgan fingerprint density at radius 3 is 2.76 bits per heavy atom. The lowest BCUT2D eigenvalue weighted by Crippen LogP contribution is -2.21. The van der Waals surface area contributed by atoms with Crippen LogP contribution in [0.3, 0.4) is 0 Å². The van der Waals surface area contributed by atoms with E-state index in [0.717, 1.165) is 30.2 Å². The Bertz CT molecular complexity index is 833. The Morgan fingerprint density at radius 1 is 1.12 bits per heavy atom. The molecule has 0 radical (unpaired) electrons. The quantitative estimate of drug-likeness (QED) is 0.744. The van der Waals surface area contributed by atoms with Crippen LogP contribution in [0.1, 0.15) is 24.1 Å². The third-order valence-electron chi connectivity index (χ3n) is 4.31. The van der Waals surface area contributed by atoms with Gasteiger partial charge in [-0.1, -0.05) is 18.2 Å². The van der Waals surface area contributed by atoms with Crippen LogP contribution in [0.5, 0.6) is 11.5 Å². The lowest BCUT2D eigenvalue weighted by Gasteiger charge is -2.15. The molecule has 2 aromatic carbocycles. The van der Waals surface area contributed by atoms with Crippen LogP contribution in [-0.2, 0) is 6.42 Å². The van der Waals surface area contributed by atoms with Crippen LogP contribution in [0.4, 0.5) is 0 Å². The normalized spacial score (nSPS) is 13.8. The first-order valence-corrected chi connectivity index (χ1v) is 8.25. The lowest BCUT2D eigenvalue weighted by atomic mass is 10.1. The van der Waals surface area contributed by atoms with Gasteiger partial charge in [-0.2, -0.15) is 0 Å². The molecule has 0 fully saturated rings. The van der Waals surface area contributed by atoms with E-state index in [1.807, 2.05) is 18.2 Å². The molecule has 0 saturated carbocycles. The van der Waals surface area contributed by atoms with E-state index < -0.39 is 0 Å². The molecule has 1 aliphatic heterocycles. The Labute approximate surface area is 145 Å². The van der Waals surface area contributed by atoms with E-state index in [9.17, 15) is 0 Å². The van der Waals surface area contributed by atoms with Gasteiger partial charge >= 0.3 is 0 Å². The van der Waals surface area contributed by atoms with Crippen LogP contribution in [0.2, 0.25) is 0 Å². The number of rotatable bonds is 6. The molecule has 1 aromatic heterocycles. The van der Waals surface area contributed by atoms with Gasteiger partial charge in [-0.15, -0.1) is 5.10 Å². The highest BCUT2D eigenvalue weighted by atomic mass is 16.7. The molecule has 7 heteroatoms. The monoisotopic (exact) mass is 337 g/mol. The molecule has 1 aliphatic rings. The third kappa shape index (κ3) is 3.46. The summed E-state index contributed by atoms with van der Waals surface area (Å²) in [4.78, 5) is 0. The average molecular weight is 337 g/mol. The second kappa shape index (κ2) is 6.90. The highest BCUT2D eigenvalue weighted by Gasteiger charge is 2.13. The fourth-order valence-electron chi connectivity index (χ4n) is 2.84. The number of benzene rings is 2. The Hall–Kier alpha value is -2.93. The molecule has 0 aliphatic carbocycles.